The molecule has 0 aliphatic heterocycles. The van der Waals surface area contributed by atoms with E-state index in [9.17, 15) is 0 Å². The summed E-state index contributed by atoms with van der Waals surface area (Å²) in [4.78, 5) is 0. The molecule has 110 valence electrons. The first-order valence-corrected chi connectivity index (χ1v) is 8.06. The zero-order valence-corrected chi connectivity index (χ0v) is 13.0. The summed E-state index contributed by atoms with van der Waals surface area (Å²) in [6.45, 7) is 2.07. The van der Waals surface area contributed by atoms with Crippen LogP contribution in [0.15, 0.2) is 24.3 Å². The molecule has 0 bridgehead atoms. The van der Waals surface area contributed by atoms with Crippen molar-refractivity contribution in [1.82, 2.24) is 5.32 Å². The third-order valence-electron chi connectivity index (χ3n) is 5.02. The molecule has 0 saturated heterocycles. The Kier molecular flexibility index (Phi) is 4.34. The molecule has 0 amide bonds. The molecule has 2 aliphatic carbocycles. The maximum absolute atomic E-state index is 6.06. The topological polar surface area (TPSA) is 21.3 Å². The highest BCUT2D eigenvalue weighted by atomic mass is 35.5. The standard InChI is InChI=1S/C17H24ClNO/c1-20-8-7-17(5-6-17)12-19-16-10-14(11-16)13-3-2-4-15(18)9-13/h2-4,9,14,16,19H,5-8,10-12H2,1H3. The largest absolute Gasteiger partial charge is 0.385 e. The number of rotatable bonds is 7. The van der Waals surface area contributed by atoms with E-state index in [0.717, 1.165) is 11.6 Å². The summed E-state index contributed by atoms with van der Waals surface area (Å²) in [6.07, 6.45) is 6.45. The summed E-state index contributed by atoms with van der Waals surface area (Å²) >= 11 is 6.06. The van der Waals surface area contributed by atoms with Crippen molar-refractivity contribution in [3.8, 4) is 0 Å². The molecule has 2 aliphatic rings. The van der Waals surface area contributed by atoms with E-state index in [1.807, 2.05) is 6.07 Å². The Morgan fingerprint density at radius 1 is 1.35 bits per heavy atom. The number of methoxy groups -OCH3 is 1. The van der Waals surface area contributed by atoms with Gasteiger partial charge in [0.1, 0.15) is 0 Å². The highest BCUT2D eigenvalue weighted by Crippen LogP contribution is 2.49. The van der Waals surface area contributed by atoms with Gasteiger partial charge in [0, 0.05) is 31.3 Å². The maximum Gasteiger partial charge on any atom is 0.0468 e. The summed E-state index contributed by atoms with van der Waals surface area (Å²) < 4.78 is 5.21. The van der Waals surface area contributed by atoms with Gasteiger partial charge in [0.25, 0.3) is 0 Å². The Morgan fingerprint density at radius 2 is 2.15 bits per heavy atom. The van der Waals surface area contributed by atoms with Gasteiger partial charge in [0.2, 0.25) is 0 Å². The van der Waals surface area contributed by atoms with Crippen LogP contribution in [0.1, 0.15) is 43.6 Å². The zero-order valence-electron chi connectivity index (χ0n) is 12.2. The zero-order chi connectivity index (χ0) is 14.0. The van der Waals surface area contributed by atoms with Gasteiger partial charge in [-0.15, -0.1) is 0 Å². The molecule has 0 radical (unpaired) electrons. The molecular weight excluding hydrogens is 270 g/mol. The number of nitrogens with one attached hydrogen (secondary N) is 1. The molecule has 2 saturated carbocycles. The van der Waals surface area contributed by atoms with Gasteiger partial charge < -0.3 is 10.1 Å². The van der Waals surface area contributed by atoms with Crippen LogP contribution >= 0.6 is 11.6 Å². The second-order valence-electron chi connectivity index (χ2n) is 6.54. The van der Waals surface area contributed by atoms with E-state index in [4.69, 9.17) is 16.3 Å². The van der Waals surface area contributed by atoms with Gasteiger partial charge in [0.15, 0.2) is 0 Å². The molecule has 0 aromatic heterocycles. The predicted molar refractivity (Wildman–Crippen MR) is 83.4 cm³/mol. The Morgan fingerprint density at radius 3 is 2.80 bits per heavy atom. The third-order valence-corrected chi connectivity index (χ3v) is 5.25. The van der Waals surface area contributed by atoms with Crippen LogP contribution in [-0.2, 0) is 4.74 Å². The van der Waals surface area contributed by atoms with Crippen molar-refractivity contribution in [2.24, 2.45) is 5.41 Å². The first-order chi connectivity index (χ1) is 9.71. The van der Waals surface area contributed by atoms with E-state index in [1.165, 1.54) is 44.2 Å². The summed E-state index contributed by atoms with van der Waals surface area (Å²) in [5, 5.41) is 4.61. The SMILES string of the molecule is COCCC1(CNC2CC(c3cccc(Cl)c3)C2)CC1. The molecule has 3 heteroatoms. The molecule has 0 atom stereocenters. The second-order valence-corrected chi connectivity index (χ2v) is 6.98. The maximum atomic E-state index is 6.06. The van der Waals surface area contributed by atoms with Crippen molar-refractivity contribution in [2.45, 2.75) is 44.1 Å². The normalized spacial score (nSPS) is 27.1. The molecule has 0 spiro atoms. The molecular formula is C17H24ClNO. The van der Waals surface area contributed by atoms with E-state index in [1.54, 1.807) is 7.11 Å². The van der Waals surface area contributed by atoms with Gasteiger partial charge in [-0.05, 0) is 61.1 Å². The van der Waals surface area contributed by atoms with Crippen LogP contribution < -0.4 is 5.32 Å². The minimum Gasteiger partial charge on any atom is -0.385 e. The van der Waals surface area contributed by atoms with Crippen LogP contribution in [0.2, 0.25) is 5.02 Å². The third kappa shape index (κ3) is 3.36. The van der Waals surface area contributed by atoms with Gasteiger partial charge >= 0.3 is 0 Å². The molecule has 0 unspecified atom stereocenters. The molecule has 1 aromatic carbocycles. The van der Waals surface area contributed by atoms with E-state index >= 15 is 0 Å². The highest BCUT2D eigenvalue weighted by Gasteiger charge is 2.42. The lowest BCUT2D eigenvalue weighted by molar-refractivity contribution is 0.166. The fourth-order valence-corrected chi connectivity index (χ4v) is 3.39. The lowest BCUT2D eigenvalue weighted by Crippen LogP contribution is -2.42. The quantitative estimate of drug-likeness (QED) is 0.821. The van der Waals surface area contributed by atoms with E-state index in [-0.39, 0.29) is 0 Å². The molecule has 2 fully saturated rings. The number of hydrogen-bond donors (Lipinski definition) is 1. The Labute approximate surface area is 126 Å². The first-order valence-electron chi connectivity index (χ1n) is 7.69. The highest BCUT2D eigenvalue weighted by molar-refractivity contribution is 6.30. The summed E-state index contributed by atoms with van der Waals surface area (Å²) in [5.41, 5.74) is 1.95. The van der Waals surface area contributed by atoms with Crippen molar-refractivity contribution < 1.29 is 4.74 Å². The van der Waals surface area contributed by atoms with Crippen LogP contribution in [0.3, 0.4) is 0 Å². The van der Waals surface area contributed by atoms with Gasteiger partial charge in [-0.2, -0.15) is 0 Å². The van der Waals surface area contributed by atoms with Gasteiger partial charge in [-0.25, -0.2) is 0 Å². The molecule has 1 N–H and O–H groups in total. The smallest absolute Gasteiger partial charge is 0.0468 e. The van der Waals surface area contributed by atoms with Crippen molar-refractivity contribution in [1.29, 1.82) is 0 Å². The van der Waals surface area contributed by atoms with E-state index in [0.29, 0.717) is 17.4 Å². The number of ether oxygens (including phenoxy) is 1. The first kappa shape index (κ1) is 14.4. The average Bonchev–Trinajstić information content (AvgIpc) is 3.15. The molecule has 1 aromatic rings. The van der Waals surface area contributed by atoms with Crippen molar-refractivity contribution in [3.05, 3.63) is 34.9 Å². The lowest BCUT2D eigenvalue weighted by Gasteiger charge is -2.37. The number of hydrogen-bond acceptors (Lipinski definition) is 2. The number of benzene rings is 1. The van der Waals surface area contributed by atoms with Crippen LogP contribution in [0.25, 0.3) is 0 Å². The van der Waals surface area contributed by atoms with Crippen LogP contribution in [0, 0.1) is 5.41 Å². The minimum absolute atomic E-state index is 0.553. The average molecular weight is 294 g/mol. The van der Waals surface area contributed by atoms with Crippen molar-refractivity contribution >= 4 is 11.6 Å². The Hall–Kier alpha value is -0.570. The van der Waals surface area contributed by atoms with Gasteiger partial charge in [-0.1, -0.05) is 23.7 Å². The van der Waals surface area contributed by atoms with Crippen molar-refractivity contribution in [2.75, 3.05) is 20.3 Å². The lowest BCUT2D eigenvalue weighted by atomic mass is 9.75. The molecule has 3 rings (SSSR count). The van der Waals surface area contributed by atoms with Gasteiger partial charge in [0.05, 0.1) is 0 Å². The minimum atomic E-state index is 0.553. The fourth-order valence-electron chi connectivity index (χ4n) is 3.19. The summed E-state index contributed by atoms with van der Waals surface area (Å²) in [6, 6.07) is 9.02. The second kappa shape index (κ2) is 6.05. The van der Waals surface area contributed by atoms with Crippen LogP contribution in [0.5, 0.6) is 0 Å². The molecule has 2 nitrogen and oxygen atoms in total. The summed E-state index contributed by atoms with van der Waals surface area (Å²) in [5.74, 6) is 0.695. The van der Waals surface area contributed by atoms with E-state index < -0.39 is 0 Å². The van der Waals surface area contributed by atoms with Crippen LogP contribution in [0.4, 0.5) is 0 Å². The summed E-state index contributed by atoms with van der Waals surface area (Å²) in [7, 11) is 1.80. The monoisotopic (exact) mass is 293 g/mol. The Balaban J connectivity index is 1.40. The van der Waals surface area contributed by atoms with Crippen LogP contribution in [-0.4, -0.2) is 26.3 Å². The predicted octanol–water partition coefficient (Wildman–Crippen LogP) is 3.99. The fraction of sp³-hybridized carbons (Fsp3) is 0.647. The van der Waals surface area contributed by atoms with Crippen molar-refractivity contribution in [3.63, 3.8) is 0 Å². The number of halogens is 1. The molecule has 0 heterocycles. The van der Waals surface area contributed by atoms with Gasteiger partial charge in [-0.3, -0.25) is 0 Å². The Bertz CT molecular complexity index is 452. The molecule has 20 heavy (non-hydrogen) atoms. The van der Waals surface area contributed by atoms with E-state index in [2.05, 4.69) is 23.5 Å².